The highest BCUT2D eigenvalue weighted by Crippen LogP contribution is 2.25. The Labute approximate surface area is 155 Å². The lowest BCUT2D eigenvalue weighted by molar-refractivity contribution is -0.119. The maximum Gasteiger partial charge on any atom is 0.338 e. The normalized spacial score (nSPS) is 10.3. The summed E-state index contributed by atoms with van der Waals surface area (Å²) < 4.78 is 10.1. The number of aryl methyl sites for hydroxylation is 2. The van der Waals surface area contributed by atoms with E-state index in [1.54, 1.807) is 25.1 Å². The highest BCUT2D eigenvalue weighted by atomic mass is 35.5. The van der Waals surface area contributed by atoms with E-state index < -0.39 is 18.5 Å². The number of anilines is 1. The molecule has 0 aliphatic rings. The average molecular weight is 383 g/mol. The van der Waals surface area contributed by atoms with Gasteiger partial charge in [0.25, 0.3) is 5.91 Å². The molecular formula is C17H16Cl2N2O4. The maximum absolute atomic E-state index is 12.0. The average Bonchev–Trinajstić information content (AvgIpc) is 2.58. The van der Waals surface area contributed by atoms with Crippen LogP contribution in [-0.4, -0.2) is 30.6 Å². The van der Waals surface area contributed by atoms with Crippen molar-refractivity contribution in [3.05, 3.63) is 51.1 Å². The first-order valence-electron chi connectivity index (χ1n) is 7.26. The number of amides is 1. The molecule has 0 fully saturated rings. The first-order chi connectivity index (χ1) is 11.8. The molecule has 1 heterocycles. The molecule has 0 aliphatic carbocycles. The van der Waals surface area contributed by atoms with Gasteiger partial charge >= 0.3 is 5.97 Å². The molecule has 2 aromatic rings. The van der Waals surface area contributed by atoms with Gasteiger partial charge in [-0.05, 0) is 37.6 Å². The summed E-state index contributed by atoms with van der Waals surface area (Å²) in [6.07, 6.45) is 0. The molecule has 0 aliphatic heterocycles. The molecule has 0 saturated heterocycles. The van der Waals surface area contributed by atoms with Crippen molar-refractivity contribution in [2.75, 3.05) is 19.0 Å². The van der Waals surface area contributed by atoms with E-state index in [9.17, 15) is 9.59 Å². The van der Waals surface area contributed by atoms with E-state index in [1.807, 2.05) is 6.92 Å². The van der Waals surface area contributed by atoms with Crippen molar-refractivity contribution in [1.29, 1.82) is 0 Å². The van der Waals surface area contributed by atoms with Gasteiger partial charge in [0.2, 0.25) is 0 Å². The molecule has 1 amide bonds. The van der Waals surface area contributed by atoms with Crippen LogP contribution in [-0.2, 0) is 9.53 Å². The van der Waals surface area contributed by atoms with Crippen molar-refractivity contribution >= 4 is 40.9 Å². The summed E-state index contributed by atoms with van der Waals surface area (Å²) in [6, 6.07) is 6.36. The number of methoxy groups -OCH3 is 1. The Morgan fingerprint density at radius 3 is 2.56 bits per heavy atom. The van der Waals surface area contributed by atoms with Gasteiger partial charge in [-0.3, -0.25) is 4.79 Å². The number of benzene rings is 1. The van der Waals surface area contributed by atoms with Crippen LogP contribution in [0, 0.1) is 13.8 Å². The lowest BCUT2D eigenvalue weighted by atomic mass is 10.1. The Morgan fingerprint density at radius 2 is 1.88 bits per heavy atom. The predicted octanol–water partition coefficient (Wildman–Crippen LogP) is 3.81. The Bertz CT molecular complexity index is 825. The minimum Gasteiger partial charge on any atom is -0.496 e. The quantitative estimate of drug-likeness (QED) is 0.795. The van der Waals surface area contributed by atoms with Crippen molar-refractivity contribution in [2.24, 2.45) is 0 Å². The second kappa shape index (κ2) is 8.18. The molecule has 132 valence electrons. The van der Waals surface area contributed by atoms with Crippen LogP contribution >= 0.6 is 23.2 Å². The van der Waals surface area contributed by atoms with Gasteiger partial charge < -0.3 is 14.8 Å². The minimum absolute atomic E-state index is 0.154. The van der Waals surface area contributed by atoms with Gasteiger partial charge in [0.15, 0.2) is 12.4 Å². The monoisotopic (exact) mass is 382 g/mol. The molecular weight excluding hydrogens is 367 g/mol. The van der Waals surface area contributed by atoms with Gasteiger partial charge in [0.1, 0.15) is 5.75 Å². The van der Waals surface area contributed by atoms with Gasteiger partial charge in [-0.1, -0.05) is 29.3 Å². The van der Waals surface area contributed by atoms with Crippen LogP contribution in [0.15, 0.2) is 24.3 Å². The molecule has 0 spiro atoms. The molecule has 2 rings (SSSR count). The van der Waals surface area contributed by atoms with Crippen molar-refractivity contribution < 1.29 is 19.1 Å². The zero-order valence-corrected chi connectivity index (χ0v) is 15.4. The largest absolute Gasteiger partial charge is 0.496 e. The van der Waals surface area contributed by atoms with Crippen molar-refractivity contribution in [2.45, 2.75) is 13.8 Å². The maximum atomic E-state index is 12.0. The van der Waals surface area contributed by atoms with E-state index in [-0.39, 0.29) is 16.4 Å². The van der Waals surface area contributed by atoms with Crippen LogP contribution in [0.2, 0.25) is 10.0 Å². The molecule has 8 heteroatoms. The molecule has 1 N–H and O–H groups in total. The summed E-state index contributed by atoms with van der Waals surface area (Å²) in [5, 5.41) is 3.06. The number of hydrogen-bond donors (Lipinski definition) is 1. The number of nitrogens with zero attached hydrogens (tertiary/aromatic N) is 1. The molecule has 0 radical (unpaired) electrons. The molecule has 1 aromatic heterocycles. The number of pyridine rings is 1. The van der Waals surface area contributed by atoms with Crippen LogP contribution in [0.3, 0.4) is 0 Å². The van der Waals surface area contributed by atoms with Crippen molar-refractivity contribution in [3.63, 3.8) is 0 Å². The second-order valence-electron chi connectivity index (χ2n) is 5.19. The lowest BCUT2D eigenvalue weighted by Crippen LogP contribution is -2.21. The van der Waals surface area contributed by atoms with Crippen LogP contribution in [0.1, 0.15) is 21.6 Å². The second-order valence-corrected chi connectivity index (χ2v) is 6.01. The third kappa shape index (κ3) is 4.84. The number of nitrogens with one attached hydrogen (secondary N) is 1. The topological polar surface area (TPSA) is 77.5 Å². The Morgan fingerprint density at radius 1 is 1.16 bits per heavy atom. The van der Waals surface area contributed by atoms with Crippen molar-refractivity contribution in [3.8, 4) is 5.75 Å². The first kappa shape index (κ1) is 19.0. The molecule has 6 nitrogen and oxygen atoms in total. The van der Waals surface area contributed by atoms with Crippen LogP contribution in [0.25, 0.3) is 0 Å². The van der Waals surface area contributed by atoms with Crippen LogP contribution in [0.4, 0.5) is 5.82 Å². The fraction of sp³-hybridized carbons (Fsp3) is 0.235. The summed E-state index contributed by atoms with van der Waals surface area (Å²) in [6.45, 7) is 3.06. The molecule has 0 atom stereocenters. The van der Waals surface area contributed by atoms with Gasteiger partial charge in [-0.15, -0.1) is 0 Å². The van der Waals surface area contributed by atoms with Crippen molar-refractivity contribution in [1.82, 2.24) is 4.98 Å². The van der Waals surface area contributed by atoms with Gasteiger partial charge in [0, 0.05) is 0 Å². The van der Waals surface area contributed by atoms with Gasteiger partial charge in [-0.25, -0.2) is 9.78 Å². The van der Waals surface area contributed by atoms with E-state index in [4.69, 9.17) is 32.7 Å². The summed E-state index contributed by atoms with van der Waals surface area (Å²) in [5.74, 6) is -0.489. The summed E-state index contributed by atoms with van der Waals surface area (Å²) >= 11 is 11.9. The molecule has 25 heavy (non-hydrogen) atoms. The summed E-state index contributed by atoms with van der Waals surface area (Å²) in [4.78, 5) is 28.0. The number of aromatic nitrogens is 1. The molecule has 0 unspecified atom stereocenters. The number of esters is 1. The number of carbonyl (C=O) groups excluding carboxylic acids is 2. The highest BCUT2D eigenvalue weighted by molar-refractivity contribution is 6.36. The Kier molecular flexibility index (Phi) is 6.22. The number of ether oxygens (including phenoxy) is 2. The number of halogens is 2. The minimum atomic E-state index is -0.639. The van der Waals surface area contributed by atoms with Gasteiger partial charge in [-0.2, -0.15) is 0 Å². The first-order valence-corrected chi connectivity index (χ1v) is 8.01. The van der Waals surface area contributed by atoms with E-state index in [2.05, 4.69) is 10.3 Å². The van der Waals surface area contributed by atoms with Crippen LogP contribution < -0.4 is 10.1 Å². The fourth-order valence-corrected chi connectivity index (χ4v) is 2.38. The Hall–Kier alpha value is -2.31. The number of rotatable bonds is 5. The zero-order chi connectivity index (χ0) is 18.6. The van der Waals surface area contributed by atoms with Crippen LogP contribution in [0.5, 0.6) is 5.75 Å². The smallest absolute Gasteiger partial charge is 0.338 e. The molecule has 1 aromatic carbocycles. The summed E-state index contributed by atoms with van der Waals surface area (Å²) in [5.41, 5.74) is 1.69. The van der Waals surface area contributed by atoms with E-state index in [0.717, 1.165) is 5.56 Å². The van der Waals surface area contributed by atoms with Gasteiger partial charge in [0.05, 0.1) is 28.4 Å². The number of hydrogen-bond acceptors (Lipinski definition) is 5. The lowest BCUT2D eigenvalue weighted by Gasteiger charge is -2.10. The highest BCUT2D eigenvalue weighted by Gasteiger charge is 2.14. The fourth-order valence-electron chi connectivity index (χ4n) is 1.98. The predicted molar refractivity (Wildman–Crippen MR) is 95.6 cm³/mol. The molecule has 0 bridgehead atoms. The zero-order valence-electron chi connectivity index (χ0n) is 13.9. The molecule has 0 saturated carbocycles. The Balaban J connectivity index is 1.98. The third-order valence-electron chi connectivity index (χ3n) is 3.34. The van der Waals surface area contributed by atoms with E-state index in [0.29, 0.717) is 16.5 Å². The third-order valence-corrected chi connectivity index (χ3v) is 4.01. The SMILES string of the molecule is COc1cc(C(=O)OCC(=O)Nc2nc(C)c(Cl)cc2Cl)ccc1C. The van der Waals surface area contributed by atoms with E-state index >= 15 is 0 Å². The standard InChI is InChI=1S/C17H16Cl2N2O4/c1-9-4-5-11(6-14(9)24-3)17(23)25-8-15(22)21-16-13(19)7-12(18)10(2)20-16/h4-7H,8H2,1-3H3,(H,20,21,22). The summed E-state index contributed by atoms with van der Waals surface area (Å²) in [7, 11) is 1.51. The van der Waals surface area contributed by atoms with E-state index in [1.165, 1.54) is 13.2 Å². The number of carbonyl (C=O) groups is 2.